The largest absolute Gasteiger partial charge is 0.338 e. The van der Waals surface area contributed by atoms with Gasteiger partial charge in [0, 0.05) is 50.2 Å². The van der Waals surface area contributed by atoms with Crippen LogP contribution in [0.3, 0.4) is 0 Å². The number of likely N-dealkylation sites (tertiary alicyclic amines) is 1. The Labute approximate surface area is 189 Å². The Bertz CT molecular complexity index is 1120. The molecule has 0 unspecified atom stereocenters. The van der Waals surface area contributed by atoms with E-state index in [4.69, 9.17) is 0 Å². The molecular formula is C23H22F2N6O2. The van der Waals surface area contributed by atoms with Crippen LogP contribution in [0.15, 0.2) is 55.1 Å². The van der Waals surface area contributed by atoms with Crippen LogP contribution in [0.4, 0.5) is 19.3 Å². The van der Waals surface area contributed by atoms with Crippen LogP contribution < -0.4 is 5.32 Å². The fraction of sp³-hybridized carbons (Fsp3) is 0.261. The molecule has 2 aromatic heterocycles. The molecule has 10 heteroatoms. The van der Waals surface area contributed by atoms with Crippen molar-refractivity contribution in [1.82, 2.24) is 24.8 Å². The van der Waals surface area contributed by atoms with E-state index in [1.807, 2.05) is 0 Å². The first-order chi connectivity index (χ1) is 15.9. The average molecular weight is 452 g/mol. The third-order valence-corrected chi connectivity index (χ3v) is 5.55. The molecule has 1 aromatic carbocycles. The summed E-state index contributed by atoms with van der Waals surface area (Å²) in [5.41, 5.74) is 1.11. The standard InChI is InChI=1S/C23H22F2N6O2/c1-30(20-4-7-31(8-5-20)22(32)15-3-2-6-26-12-15)23(33)29-19-13-27-21(28-14-19)16-9-17(24)11-18(25)10-16/h2-3,6,9-14,20H,4-5,7-8H2,1H3,(H,29,33). The zero-order valence-corrected chi connectivity index (χ0v) is 17.9. The van der Waals surface area contributed by atoms with E-state index in [1.54, 1.807) is 41.4 Å². The van der Waals surface area contributed by atoms with Crippen molar-refractivity contribution >= 4 is 17.6 Å². The summed E-state index contributed by atoms with van der Waals surface area (Å²) in [5, 5.41) is 2.73. The van der Waals surface area contributed by atoms with Gasteiger partial charge in [0.05, 0.1) is 23.6 Å². The zero-order chi connectivity index (χ0) is 23.4. The molecule has 3 aromatic rings. The molecule has 3 amide bonds. The molecule has 1 aliphatic rings. The van der Waals surface area contributed by atoms with Crippen LogP contribution in [0, 0.1) is 11.6 Å². The highest BCUT2D eigenvalue weighted by Gasteiger charge is 2.28. The van der Waals surface area contributed by atoms with Gasteiger partial charge >= 0.3 is 6.03 Å². The number of nitrogens with zero attached hydrogens (tertiary/aromatic N) is 5. The first-order valence-corrected chi connectivity index (χ1v) is 10.4. The molecule has 3 heterocycles. The highest BCUT2D eigenvalue weighted by Crippen LogP contribution is 2.20. The van der Waals surface area contributed by atoms with Gasteiger partial charge in [0.1, 0.15) is 11.6 Å². The predicted molar refractivity (Wildman–Crippen MR) is 117 cm³/mol. The summed E-state index contributed by atoms with van der Waals surface area (Å²) >= 11 is 0. The van der Waals surface area contributed by atoms with Crippen molar-refractivity contribution in [1.29, 1.82) is 0 Å². The summed E-state index contributed by atoms with van der Waals surface area (Å²) in [6.07, 6.45) is 7.23. The van der Waals surface area contributed by atoms with Gasteiger partial charge in [-0.3, -0.25) is 9.78 Å². The Kier molecular flexibility index (Phi) is 6.53. The number of nitrogens with one attached hydrogen (secondary N) is 1. The maximum atomic E-state index is 13.4. The molecule has 0 bridgehead atoms. The van der Waals surface area contributed by atoms with Gasteiger partial charge in [-0.05, 0) is 37.1 Å². The molecule has 0 aliphatic carbocycles. The Hall–Kier alpha value is -3.95. The van der Waals surface area contributed by atoms with Crippen molar-refractivity contribution < 1.29 is 18.4 Å². The van der Waals surface area contributed by atoms with Gasteiger partial charge in [-0.25, -0.2) is 23.5 Å². The molecule has 0 spiro atoms. The second kappa shape index (κ2) is 9.68. The monoisotopic (exact) mass is 452 g/mol. The number of halogens is 2. The molecule has 0 saturated carbocycles. The molecule has 170 valence electrons. The van der Waals surface area contributed by atoms with Gasteiger partial charge in [-0.1, -0.05) is 0 Å². The lowest BCUT2D eigenvalue weighted by Crippen LogP contribution is -2.48. The quantitative estimate of drug-likeness (QED) is 0.653. The highest BCUT2D eigenvalue weighted by molar-refractivity contribution is 5.94. The van der Waals surface area contributed by atoms with Crippen molar-refractivity contribution in [2.75, 3.05) is 25.5 Å². The summed E-state index contributed by atoms with van der Waals surface area (Å²) in [5.74, 6) is -1.36. The van der Waals surface area contributed by atoms with Crippen molar-refractivity contribution in [3.63, 3.8) is 0 Å². The number of rotatable bonds is 4. The van der Waals surface area contributed by atoms with Crippen LogP contribution in [-0.4, -0.2) is 62.9 Å². The summed E-state index contributed by atoms with van der Waals surface area (Å²) in [4.78, 5) is 40.7. The number of urea groups is 1. The highest BCUT2D eigenvalue weighted by atomic mass is 19.1. The van der Waals surface area contributed by atoms with E-state index < -0.39 is 11.6 Å². The number of hydrogen-bond acceptors (Lipinski definition) is 5. The van der Waals surface area contributed by atoms with Crippen molar-refractivity contribution in [2.45, 2.75) is 18.9 Å². The number of aromatic nitrogens is 3. The smallest absolute Gasteiger partial charge is 0.321 e. The Balaban J connectivity index is 1.32. The summed E-state index contributed by atoms with van der Waals surface area (Å²) in [7, 11) is 1.70. The fourth-order valence-electron chi connectivity index (χ4n) is 3.73. The third kappa shape index (κ3) is 5.28. The molecule has 4 rings (SSSR count). The third-order valence-electron chi connectivity index (χ3n) is 5.55. The summed E-state index contributed by atoms with van der Waals surface area (Å²) < 4.78 is 26.8. The summed E-state index contributed by atoms with van der Waals surface area (Å²) in [6, 6.07) is 6.14. The maximum Gasteiger partial charge on any atom is 0.321 e. The van der Waals surface area contributed by atoms with E-state index in [2.05, 4.69) is 20.3 Å². The first kappa shape index (κ1) is 22.3. The fourth-order valence-corrected chi connectivity index (χ4v) is 3.73. The lowest BCUT2D eigenvalue weighted by atomic mass is 10.0. The van der Waals surface area contributed by atoms with E-state index in [0.29, 0.717) is 37.2 Å². The second-order valence-corrected chi connectivity index (χ2v) is 7.76. The lowest BCUT2D eigenvalue weighted by molar-refractivity contribution is 0.0671. The number of pyridine rings is 1. The Morgan fingerprint density at radius 2 is 1.73 bits per heavy atom. The van der Waals surface area contributed by atoms with E-state index in [9.17, 15) is 18.4 Å². The Morgan fingerprint density at radius 1 is 1.06 bits per heavy atom. The molecule has 33 heavy (non-hydrogen) atoms. The van der Waals surface area contributed by atoms with Gasteiger partial charge in [-0.15, -0.1) is 0 Å². The van der Waals surface area contributed by atoms with Crippen LogP contribution in [0.1, 0.15) is 23.2 Å². The van der Waals surface area contributed by atoms with Gasteiger partial charge in [0.15, 0.2) is 5.82 Å². The number of benzene rings is 1. The van der Waals surface area contributed by atoms with E-state index in [1.165, 1.54) is 12.4 Å². The van der Waals surface area contributed by atoms with Crippen molar-refractivity contribution in [3.05, 3.63) is 72.3 Å². The van der Waals surface area contributed by atoms with Gasteiger partial charge in [0.2, 0.25) is 0 Å². The molecule has 1 aliphatic heterocycles. The van der Waals surface area contributed by atoms with Gasteiger partial charge in [-0.2, -0.15) is 0 Å². The van der Waals surface area contributed by atoms with Crippen LogP contribution in [0.2, 0.25) is 0 Å². The molecule has 1 saturated heterocycles. The molecule has 1 fully saturated rings. The first-order valence-electron chi connectivity index (χ1n) is 10.4. The lowest BCUT2D eigenvalue weighted by Gasteiger charge is -2.36. The number of anilines is 1. The number of hydrogen-bond donors (Lipinski definition) is 1. The van der Waals surface area contributed by atoms with Crippen LogP contribution in [0.5, 0.6) is 0 Å². The molecule has 0 radical (unpaired) electrons. The molecular weight excluding hydrogens is 430 g/mol. The number of carbonyl (C=O) groups is 2. The molecule has 1 N–H and O–H groups in total. The maximum absolute atomic E-state index is 13.4. The summed E-state index contributed by atoms with van der Waals surface area (Å²) in [6.45, 7) is 1.08. The second-order valence-electron chi connectivity index (χ2n) is 7.76. The predicted octanol–water partition coefficient (Wildman–Crippen LogP) is 3.59. The topological polar surface area (TPSA) is 91.3 Å². The normalized spacial score (nSPS) is 14.1. The van der Waals surface area contributed by atoms with Crippen molar-refractivity contribution in [2.24, 2.45) is 0 Å². The van der Waals surface area contributed by atoms with Crippen LogP contribution in [0.25, 0.3) is 11.4 Å². The van der Waals surface area contributed by atoms with Crippen molar-refractivity contribution in [3.8, 4) is 11.4 Å². The Morgan fingerprint density at radius 3 is 2.33 bits per heavy atom. The average Bonchev–Trinajstić information content (AvgIpc) is 2.83. The molecule has 8 nitrogen and oxygen atoms in total. The minimum absolute atomic E-state index is 0.0293. The van der Waals surface area contributed by atoms with Gasteiger partial charge < -0.3 is 15.1 Å². The molecule has 0 atom stereocenters. The number of amides is 3. The minimum Gasteiger partial charge on any atom is -0.338 e. The van der Waals surface area contributed by atoms with E-state index >= 15 is 0 Å². The van der Waals surface area contributed by atoms with Crippen LogP contribution in [-0.2, 0) is 0 Å². The van der Waals surface area contributed by atoms with E-state index in [-0.39, 0.29) is 29.4 Å². The SMILES string of the molecule is CN(C(=O)Nc1cnc(-c2cc(F)cc(F)c2)nc1)C1CCN(C(=O)c2cccnc2)CC1. The minimum atomic E-state index is -0.721. The van der Waals surface area contributed by atoms with E-state index in [0.717, 1.165) is 18.2 Å². The van der Waals surface area contributed by atoms with Crippen LogP contribution >= 0.6 is 0 Å². The number of piperidine rings is 1. The van der Waals surface area contributed by atoms with Gasteiger partial charge in [0.25, 0.3) is 5.91 Å². The number of carbonyl (C=O) groups excluding carboxylic acids is 2. The zero-order valence-electron chi connectivity index (χ0n) is 17.9.